The number of anilines is 2. The van der Waals surface area contributed by atoms with Crippen LogP contribution in [-0.2, 0) is 11.8 Å². The highest BCUT2D eigenvalue weighted by Gasteiger charge is 2.13. The van der Waals surface area contributed by atoms with Crippen molar-refractivity contribution in [1.29, 1.82) is 0 Å². The third-order valence-corrected chi connectivity index (χ3v) is 6.53. The van der Waals surface area contributed by atoms with E-state index < -0.39 is 0 Å². The normalized spacial score (nSPS) is 14.5. The van der Waals surface area contributed by atoms with Gasteiger partial charge in [0.05, 0.1) is 6.61 Å². The Hall–Kier alpha value is -3.80. The van der Waals surface area contributed by atoms with Crippen molar-refractivity contribution in [1.82, 2.24) is 14.7 Å². The number of methoxy groups -OCH3 is 1. The molecule has 0 radical (unpaired) electrons. The van der Waals surface area contributed by atoms with Gasteiger partial charge in [0, 0.05) is 61.9 Å². The van der Waals surface area contributed by atoms with E-state index in [0.717, 1.165) is 24.3 Å². The molecule has 39 heavy (non-hydrogen) atoms. The number of aromatic nitrogens is 2. The van der Waals surface area contributed by atoms with Gasteiger partial charge >= 0.3 is 0 Å². The molecule has 3 aromatic rings. The Bertz CT molecular complexity index is 1280. The van der Waals surface area contributed by atoms with Crippen molar-refractivity contribution in [2.45, 2.75) is 38.7 Å². The van der Waals surface area contributed by atoms with E-state index in [1.807, 2.05) is 25.1 Å². The number of nitrogens with one attached hydrogen (secondary N) is 2. The molecule has 8 nitrogen and oxygen atoms in total. The maximum absolute atomic E-state index is 13.0. The summed E-state index contributed by atoms with van der Waals surface area (Å²) in [6.07, 6.45) is 6.90. The van der Waals surface area contributed by atoms with E-state index in [4.69, 9.17) is 9.47 Å². The van der Waals surface area contributed by atoms with Crippen LogP contribution in [0.5, 0.6) is 5.75 Å². The van der Waals surface area contributed by atoms with Gasteiger partial charge in [0.2, 0.25) is 0 Å². The van der Waals surface area contributed by atoms with Crippen LogP contribution in [0.15, 0.2) is 54.7 Å². The largest absolute Gasteiger partial charge is 0.488 e. The maximum Gasteiger partial charge on any atom is 0.257 e. The number of amides is 1. The van der Waals surface area contributed by atoms with Crippen LogP contribution in [0.2, 0.25) is 0 Å². The van der Waals surface area contributed by atoms with Gasteiger partial charge in [-0.3, -0.25) is 9.48 Å². The molecule has 0 aliphatic carbocycles. The third kappa shape index (κ3) is 9.17. The number of carbonyl (C=O) groups excluding carboxylic acids is 1. The lowest BCUT2D eigenvalue weighted by Gasteiger charge is -2.20. The predicted molar refractivity (Wildman–Crippen MR) is 155 cm³/mol. The van der Waals surface area contributed by atoms with Crippen molar-refractivity contribution >= 4 is 17.4 Å². The summed E-state index contributed by atoms with van der Waals surface area (Å²) in [4.78, 5) is 15.5. The zero-order valence-corrected chi connectivity index (χ0v) is 23.2. The molecular weight excluding hydrogens is 490 g/mol. The summed E-state index contributed by atoms with van der Waals surface area (Å²) in [5.74, 6) is 7.22. The van der Waals surface area contributed by atoms with Crippen molar-refractivity contribution in [2.75, 3.05) is 50.5 Å². The maximum atomic E-state index is 13.0. The minimum atomic E-state index is -0.280. The number of aryl methyl sites for hydroxylation is 1. The molecule has 2 heterocycles. The van der Waals surface area contributed by atoms with Crippen LogP contribution >= 0.6 is 0 Å². The average molecular weight is 530 g/mol. The number of ether oxygens (including phenoxy) is 2. The van der Waals surface area contributed by atoms with Crippen LogP contribution in [0.3, 0.4) is 0 Å². The summed E-state index contributed by atoms with van der Waals surface area (Å²) in [7, 11) is 3.43. The van der Waals surface area contributed by atoms with E-state index in [9.17, 15) is 4.79 Å². The van der Waals surface area contributed by atoms with Gasteiger partial charge in [-0.05, 0) is 69.3 Å². The molecule has 1 fully saturated rings. The fourth-order valence-corrected chi connectivity index (χ4v) is 4.61. The van der Waals surface area contributed by atoms with Crippen LogP contribution in [0, 0.1) is 11.8 Å². The first-order chi connectivity index (χ1) is 19.0. The number of nitrogens with zero attached hydrogens (tertiary/aromatic N) is 3. The Labute approximate surface area is 231 Å². The number of rotatable bonds is 10. The SMILES string of the molecule is COC[C@H](C)Oc1cc(C#Cc2cccc(NCCN3CCCCCC3)c2)cc(C(=O)Nc2ccn(C)n2)c1. The number of carbonyl (C=O) groups is 1. The fraction of sp³-hybridized carbons (Fsp3) is 0.419. The summed E-state index contributed by atoms with van der Waals surface area (Å²) < 4.78 is 12.8. The zero-order valence-electron chi connectivity index (χ0n) is 23.2. The molecule has 0 bridgehead atoms. The number of benzene rings is 2. The van der Waals surface area contributed by atoms with Crippen molar-refractivity contribution < 1.29 is 14.3 Å². The Kier molecular flexibility index (Phi) is 10.4. The van der Waals surface area contributed by atoms with Gasteiger partial charge in [-0.1, -0.05) is 30.7 Å². The van der Waals surface area contributed by atoms with Crippen LogP contribution in [0.25, 0.3) is 0 Å². The quantitative estimate of drug-likeness (QED) is 0.368. The van der Waals surface area contributed by atoms with E-state index in [-0.39, 0.29) is 12.0 Å². The second-order valence-electron chi connectivity index (χ2n) is 9.97. The lowest BCUT2D eigenvalue weighted by molar-refractivity contribution is 0.0917. The Morgan fingerprint density at radius 3 is 2.59 bits per heavy atom. The molecule has 2 aromatic carbocycles. The molecule has 2 N–H and O–H groups in total. The van der Waals surface area contributed by atoms with Gasteiger partial charge in [-0.25, -0.2) is 0 Å². The van der Waals surface area contributed by atoms with Gasteiger partial charge in [0.15, 0.2) is 5.82 Å². The lowest BCUT2D eigenvalue weighted by atomic mass is 10.1. The number of hydrogen-bond acceptors (Lipinski definition) is 6. The topological polar surface area (TPSA) is 80.7 Å². The Balaban J connectivity index is 1.47. The first-order valence-corrected chi connectivity index (χ1v) is 13.7. The average Bonchev–Trinajstić information content (AvgIpc) is 3.15. The number of hydrogen-bond donors (Lipinski definition) is 2. The van der Waals surface area contributed by atoms with Crippen molar-refractivity contribution in [3.63, 3.8) is 0 Å². The minimum absolute atomic E-state index is 0.179. The van der Waals surface area contributed by atoms with E-state index >= 15 is 0 Å². The molecule has 1 amide bonds. The second kappa shape index (κ2) is 14.4. The van der Waals surface area contributed by atoms with E-state index in [0.29, 0.717) is 29.3 Å². The highest BCUT2D eigenvalue weighted by atomic mass is 16.5. The van der Waals surface area contributed by atoms with Crippen molar-refractivity contribution in [3.8, 4) is 17.6 Å². The zero-order chi connectivity index (χ0) is 27.5. The lowest BCUT2D eigenvalue weighted by Crippen LogP contribution is -2.29. The van der Waals surface area contributed by atoms with Crippen LogP contribution < -0.4 is 15.4 Å². The summed E-state index contributed by atoms with van der Waals surface area (Å²) in [5, 5.41) is 10.6. The van der Waals surface area contributed by atoms with Crippen LogP contribution in [0.4, 0.5) is 11.5 Å². The number of likely N-dealkylation sites (tertiary alicyclic amines) is 1. The van der Waals surface area contributed by atoms with Crippen molar-refractivity contribution in [3.05, 3.63) is 71.4 Å². The molecule has 0 spiro atoms. The smallest absolute Gasteiger partial charge is 0.257 e. The first kappa shape index (κ1) is 28.2. The fourth-order valence-electron chi connectivity index (χ4n) is 4.61. The van der Waals surface area contributed by atoms with Gasteiger partial charge in [0.25, 0.3) is 5.91 Å². The molecule has 1 saturated heterocycles. The molecular formula is C31H39N5O3. The van der Waals surface area contributed by atoms with Crippen LogP contribution in [0.1, 0.15) is 54.1 Å². The van der Waals surface area contributed by atoms with Gasteiger partial charge < -0.3 is 25.0 Å². The summed E-state index contributed by atoms with van der Waals surface area (Å²) in [6.45, 7) is 6.70. The molecule has 8 heteroatoms. The molecule has 0 unspecified atom stereocenters. The molecule has 1 aliphatic heterocycles. The highest BCUT2D eigenvalue weighted by Crippen LogP contribution is 2.20. The standard InChI is InChI=1S/C31H39N5O3/c1-24(23-38-3)39-29-21-26(19-27(22-29)31(37)33-30-13-17-35(2)34-30)12-11-25-9-8-10-28(20-25)32-14-18-36-15-6-4-5-7-16-36/h8-10,13,17,19-22,24,32H,4-7,14-16,18,23H2,1-3H3,(H,33,34,37)/t24-/m0/s1. The van der Waals surface area contributed by atoms with Crippen molar-refractivity contribution in [2.24, 2.45) is 7.05 Å². The summed E-state index contributed by atoms with van der Waals surface area (Å²) in [5.41, 5.74) is 3.07. The highest BCUT2D eigenvalue weighted by molar-refractivity contribution is 6.04. The molecule has 1 aromatic heterocycles. The van der Waals surface area contributed by atoms with E-state index in [1.54, 1.807) is 43.2 Å². The molecule has 1 aliphatic rings. The van der Waals surface area contributed by atoms with E-state index in [1.165, 1.54) is 38.8 Å². The Morgan fingerprint density at radius 1 is 1.05 bits per heavy atom. The van der Waals surface area contributed by atoms with E-state index in [2.05, 4.69) is 44.6 Å². The monoisotopic (exact) mass is 529 g/mol. The predicted octanol–water partition coefficient (Wildman–Crippen LogP) is 4.77. The molecule has 1 atom stereocenters. The van der Waals surface area contributed by atoms with Gasteiger partial charge in [-0.15, -0.1) is 0 Å². The third-order valence-electron chi connectivity index (χ3n) is 6.53. The molecule has 0 saturated carbocycles. The Morgan fingerprint density at radius 2 is 1.85 bits per heavy atom. The molecule has 206 valence electrons. The van der Waals surface area contributed by atoms with Crippen LogP contribution in [-0.4, -0.2) is 66.6 Å². The second-order valence-corrected chi connectivity index (χ2v) is 9.97. The molecule has 4 rings (SSSR count). The van der Waals surface area contributed by atoms with Gasteiger partial charge in [-0.2, -0.15) is 5.10 Å². The first-order valence-electron chi connectivity index (χ1n) is 13.7. The van der Waals surface area contributed by atoms with Gasteiger partial charge in [0.1, 0.15) is 11.9 Å². The summed E-state index contributed by atoms with van der Waals surface area (Å²) in [6, 6.07) is 15.2. The summed E-state index contributed by atoms with van der Waals surface area (Å²) >= 11 is 0. The minimum Gasteiger partial charge on any atom is -0.488 e.